The van der Waals surface area contributed by atoms with Crippen molar-refractivity contribution in [2.45, 2.75) is 45.6 Å². The molecule has 6 heteroatoms. The van der Waals surface area contributed by atoms with Gasteiger partial charge in [0.05, 0.1) is 12.6 Å². The summed E-state index contributed by atoms with van der Waals surface area (Å²) in [5, 5.41) is 0. The van der Waals surface area contributed by atoms with Crippen LogP contribution in [0, 0.1) is 5.92 Å². The maximum Gasteiger partial charge on any atom is 0.239 e. The molecule has 2 rings (SSSR count). The molecule has 6 nitrogen and oxygen atoms in total. The molecule has 2 heterocycles. The Morgan fingerprint density at radius 1 is 0.957 bits per heavy atom. The zero-order valence-corrected chi connectivity index (χ0v) is 14.7. The average molecular weight is 324 g/mol. The van der Waals surface area contributed by atoms with Crippen LogP contribution in [-0.2, 0) is 9.59 Å². The molecule has 0 aromatic rings. The molecule has 0 bridgehead atoms. The number of nitrogens with two attached hydrogens (primary N) is 1. The van der Waals surface area contributed by atoms with Crippen molar-refractivity contribution in [2.24, 2.45) is 11.7 Å². The molecule has 2 saturated heterocycles. The van der Waals surface area contributed by atoms with Crippen molar-refractivity contribution in [1.29, 1.82) is 0 Å². The fourth-order valence-corrected chi connectivity index (χ4v) is 3.32. The van der Waals surface area contributed by atoms with Gasteiger partial charge in [0.1, 0.15) is 0 Å². The Morgan fingerprint density at radius 2 is 1.61 bits per heavy atom. The van der Waals surface area contributed by atoms with Gasteiger partial charge in [0.25, 0.3) is 0 Å². The molecule has 0 aromatic carbocycles. The van der Waals surface area contributed by atoms with Crippen LogP contribution in [0.2, 0.25) is 0 Å². The molecule has 2 N–H and O–H groups in total. The molecule has 0 saturated carbocycles. The number of likely N-dealkylation sites (tertiary alicyclic amines) is 1. The van der Waals surface area contributed by atoms with Crippen molar-refractivity contribution in [3.8, 4) is 0 Å². The first-order valence-corrected chi connectivity index (χ1v) is 9.07. The summed E-state index contributed by atoms with van der Waals surface area (Å²) in [6.45, 7) is 9.45. The van der Waals surface area contributed by atoms with E-state index in [0.29, 0.717) is 13.1 Å². The van der Waals surface area contributed by atoms with Gasteiger partial charge in [0.2, 0.25) is 11.8 Å². The normalized spacial score (nSPS) is 22.7. The number of carbonyl (C=O) groups excluding carboxylic acids is 2. The summed E-state index contributed by atoms with van der Waals surface area (Å²) in [6, 6.07) is -0.405. The second-order valence-electron chi connectivity index (χ2n) is 6.95. The minimum atomic E-state index is -0.405. The van der Waals surface area contributed by atoms with Crippen LogP contribution >= 0.6 is 0 Å². The Hall–Kier alpha value is -1.14. The summed E-state index contributed by atoms with van der Waals surface area (Å²) in [5.41, 5.74) is 6.09. The monoisotopic (exact) mass is 324 g/mol. The molecular formula is C17H32N4O2. The zero-order chi connectivity index (χ0) is 16.8. The highest BCUT2D eigenvalue weighted by Gasteiger charge is 2.27. The van der Waals surface area contributed by atoms with Gasteiger partial charge in [0.15, 0.2) is 0 Å². The summed E-state index contributed by atoms with van der Waals surface area (Å²) in [5.74, 6) is 0.504. The van der Waals surface area contributed by atoms with Crippen molar-refractivity contribution < 1.29 is 9.59 Å². The lowest BCUT2D eigenvalue weighted by Gasteiger charge is -2.27. The van der Waals surface area contributed by atoms with E-state index < -0.39 is 6.04 Å². The molecule has 0 aromatic heterocycles. The lowest BCUT2D eigenvalue weighted by molar-refractivity contribution is -0.133. The van der Waals surface area contributed by atoms with Crippen LogP contribution in [0.25, 0.3) is 0 Å². The van der Waals surface area contributed by atoms with Crippen LogP contribution in [0.4, 0.5) is 0 Å². The second kappa shape index (κ2) is 8.64. The third kappa shape index (κ3) is 4.91. The van der Waals surface area contributed by atoms with E-state index in [1.165, 1.54) is 0 Å². The van der Waals surface area contributed by atoms with Crippen molar-refractivity contribution in [2.75, 3.05) is 45.8 Å². The van der Waals surface area contributed by atoms with Gasteiger partial charge in [0, 0.05) is 39.3 Å². The summed E-state index contributed by atoms with van der Waals surface area (Å²) >= 11 is 0. The molecule has 0 spiro atoms. The Labute approximate surface area is 140 Å². The van der Waals surface area contributed by atoms with Gasteiger partial charge in [-0.05, 0) is 25.2 Å². The number of hydrogen-bond acceptors (Lipinski definition) is 4. The standard InChI is InChI=1S/C17H32N4O2/c1-3-14(2)16(18)17(23)21-10-6-7-19(11-12-21)13-15(22)20-8-4-5-9-20/h14,16H,3-13,18H2,1-2H3. The molecule has 0 aliphatic carbocycles. The third-order valence-electron chi connectivity index (χ3n) is 5.26. The summed E-state index contributed by atoms with van der Waals surface area (Å²) < 4.78 is 0. The zero-order valence-electron chi connectivity index (χ0n) is 14.7. The first-order chi connectivity index (χ1) is 11.0. The molecule has 2 atom stereocenters. The summed E-state index contributed by atoms with van der Waals surface area (Å²) in [6.07, 6.45) is 4.08. The number of rotatable bonds is 5. The average Bonchev–Trinajstić information content (AvgIpc) is 3.00. The lowest BCUT2D eigenvalue weighted by Crippen LogP contribution is -2.48. The quantitative estimate of drug-likeness (QED) is 0.800. The largest absolute Gasteiger partial charge is 0.342 e. The van der Waals surface area contributed by atoms with E-state index in [1.54, 1.807) is 0 Å². The predicted molar refractivity (Wildman–Crippen MR) is 90.9 cm³/mol. The topological polar surface area (TPSA) is 69.9 Å². The molecule has 2 unspecified atom stereocenters. The van der Waals surface area contributed by atoms with Crippen LogP contribution < -0.4 is 5.73 Å². The predicted octanol–water partition coefficient (Wildman–Crippen LogP) is 0.517. The van der Waals surface area contributed by atoms with E-state index in [2.05, 4.69) is 11.8 Å². The van der Waals surface area contributed by atoms with Crippen LogP contribution in [-0.4, -0.2) is 78.4 Å². The highest BCUT2D eigenvalue weighted by Crippen LogP contribution is 2.12. The van der Waals surface area contributed by atoms with E-state index in [4.69, 9.17) is 5.73 Å². The lowest BCUT2D eigenvalue weighted by atomic mass is 9.99. The van der Waals surface area contributed by atoms with Crippen LogP contribution in [0.1, 0.15) is 39.5 Å². The van der Waals surface area contributed by atoms with Gasteiger partial charge in [-0.3, -0.25) is 14.5 Å². The van der Waals surface area contributed by atoms with Crippen molar-refractivity contribution in [1.82, 2.24) is 14.7 Å². The molecular weight excluding hydrogens is 292 g/mol. The smallest absolute Gasteiger partial charge is 0.239 e. The molecule has 0 radical (unpaired) electrons. The third-order valence-corrected chi connectivity index (χ3v) is 5.26. The van der Waals surface area contributed by atoms with Gasteiger partial charge < -0.3 is 15.5 Å². The van der Waals surface area contributed by atoms with Gasteiger partial charge in [-0.1, -0.05) is 20.3 Å². The van der Waals surface area contributed by atoms with Gasteiger partial charge in [-0.15, -0.1) is 0 Å². The summed E-state index contributed by atoms with van der Waals surface area (Å²) in [7, 11) is 0. The van der Waals surface area contributed by atoms with E-state index >= 15 is 0 Å². The van der Waals surface area contributed by atoms with E-state index in [9.17, 15) is 9.59 Å². The molecule has 132 valence electrons. The summed E-state index contributed by atoms with van der Waals surface area (Å²) in [4.78, 5) is 30.8. The van der Waals surface area contributed by atoms with Crippen molar-refractivity contribution >= 4 is 11.8 Å². The Bertz CT molecular complexity index is 409. The number of hydrogen-bond donors (Lipinski definition) is 1. The van der Waals surface area contributed by atoms with E-state index in [1.807, 2.05) is 16.7 Å². The maximum absolute atomic E-state index is 12.5. The highest BCUT2D eigenvalue weighted by molar-refractivity contribution is 5.82. The number of carbonyl (C=O) groups is 2. The van der Waals surface area contributed by atoms with Gasteiger partial charge >= 0.3 is 0 Å². The molecule has 2 amide bonds. The first-order valence-electron chi connectivity index (χ1n) is 9.07. The second-order valence-corrected chi connectivity index (χ2v) is 6.95. The highest BCUT2D eigenvalue weighted by atomic mass is 16.2. The molecule has 2 aliphatic heterocycles. The Balaban J connectivity index is 1.82. The van der Waals surface area contributed by atoms with E-state index in [-0.39, 0.29) is 17.7 Å². The first kappa shape index (κ1) is 18.2. The van der Waals surface area contributed by atoms with Crippen LogP contribution in [0.15, 0.2) is 0 Å². The van der Waals surface area contributed by atoms with Crippen molar-refractivity contribution in [3.05, 3.63) is 0 Å². The minimum Gasteiger partial charge on any atom is -0.342 e. The van der Waals surface area contributed by atoms with E-state index in [0.717, 1.165) is 58.4 Å². The molecule has 23 heavy (non-hydrogen) atoms. The molecule has 2 fully saturated rings. The SMILES string of the molecule is CCC(C)C(N)C(=O)N1CCCN(CC(=O)N2CCCC2)CC1. The van der Waals surface area contributed by atoms with Crippen LogP contribution in [0.5, 0.6) is 0 Å². The van der Waals surface area contributed by atoms with Gasteiger partial charge in [-0.2, -0.15) is 0 Å². The number of nitrogens with zero attached hydrogens (tertiary/aromatic N) is 3. The number of amides is 2. The maximum atomic E-state index is 12.5. The Kier molecular flexibility index (Phi) is 6.84. The molecule has 2 aliphatic rings. The minimum absolute atomic E-state index is 0.0621. The van der Waals surface area contributed by atoms with Gasteiger partial charge in [-0.25, -0.2) is 0 Å². The van der Waals surface area contributed by atoms with Crippen LogP contribution in [0.3, 0.4) is 0 Å². The Morgan fingerprint density at radius 3 is 2.26 bits per heavy atom. The fraction of sp³-hybridized carbons (Fsp3) is 0.882. The van der Waals surface area contributed by atoms with Crippen molar-refractivity contribution in [3.63, 3.8) is 0 Å². The fourth-order valence-electron chi connectivity index (χ4n) is 3.32.